The molecule has 1 aliphatic heterocycles. The van der Waals surface area contributed by atoms with Gasteiger partial charge in [0.05, 0.1) is 16.8 Å². The van der Waals surface area contributed by atoms with Crippen molar-refractivity contribution in [3.05, 3.63) is 71.8 Å². The molecule has 1 fully saturated rings. The van der Waals surface area contributed by atoms with Crippen molar-refractivity contribution in [1.82, 2.24) is 14.3 Å². The number of ether oxygens (including phenoxy) is 1. The van der Waals surface area contributed by atoms with Gasteiger partial charge in [0, 0.05) is 30.5 Å². The zero-order valence-electron chi connectivity index (χ0n) is 17.1. The molecule has 8 nitrogen and oxygen atoms in total. The number of benzene rings is 2. The second kappa shape index (κ2) is 9.64. The Balaban J connectivity index is 1.69. The largest absolute Gasteiger partial charge is 0.455 e. The number of carbonyl (C=O) groups excluding carboxylic acids is 1. The van der Waals surface area contributed by atoms with Crippen molar-refractivity contribution in [1.29, 1.82) is 0 Å². The molecule has 2 heterocycles. The van der Waals surface area contributed by atoms with Crippen molar-refractivity contribution in [2.24, 2.45) is 0 Å². The van der Waals surface area contributed by atoms with Crippen LogP contribution in [0.2, 0.25) is 5.02 Å². The molecule has 1 aromatic heterocycles. The maximum Gasteiger partial charge on any atom is 0.275 e. The molecule has 10 heteroatoms. The van der Waals surface area contributed by atoms with Crippen LogP contribution in [0.3, 0.4) is 0 Å². The number of rotatable bonds is 6. The van der Waals surface area contributed by atoms with E-state index in [1.807, 2.05) is 0 Å². The molecule has 0 saturated carbocycles. The predicted octanol–water partition coefficient (Wildman–Crippen LogP) is 4.35. The lowest BCUT2D eigenvalue weighted by atomic mass is 10.2. The van der Waals surface area contributed by atoms with Gasteiger partial charge in [-0.15, -0.1) is 0 Å². The number of nitrogens with one attached hydrogen (secondary N) is 1. The second-order valence-corrected chi connectivity index (χ2v) is 9.60. The van der Waals surface area contributed by atoms with Gasteiger partial charge in [0.25, 0.3) is 5.91 Å². The zero-order chi connectivity index (χ0) is 22.6. The quantitative estimate of drug-likeness (QED) is 0.572. The second-order valence-electron chi connectivity index (χ2n) is 7.22. The SMILES string of the molecule is O=C(Nc1cc(S(=O)(=O)N2CCCCC2)ccc1Oc1ccc(Cl)cc1)c1cnccn1. The highest BCUT2D eigenvalue weighted by molar-refractivity contribution is 7.89. The van der Waals surface area contributed by atoms with Crippen LogP contribution in [0.5, 0.6) is 11.5 Å². The van der Waals surface area contributed by atoms with E-state index in [-0.39, 0.29) is 22.0 Å². The van der Waals surface area contributed by atoms with E-state index in [4.69, 9.17) is 16.3 Å². The number of amides is 1. The van der Waals surface area contributed by atoms with E-state index >= 15 is 0 Å². The minimum Gasteiger partial charge on any atom is -0.455 e. The lowest BCUT2D eigenvalue weighted by Crippen LogP contribution is -2.35. The number of hydrogen-bond donors (Lipinski definition) is 1. The van der Waals surface area contributed by atoms with Gasteiger partial charge >= 0.3 is 0 Å². The first-order chi connectivity index (χ1) is 15.4. The zero-order valence-corrected chi connectivity index (χ0v) is 18.6. The average Bonchev–Trinajstić information content (AvgIpc) is 2.82. The van der Waals surface area contributed by atoms with E-state index in [2.05, 4.69) is 15.3 Å². The highest BCUT2D eigenvalue weighted by Crippen LogP contribution is 2.34. The third kappa shape index (κ3) is 5.07. The fourth-order valence-corrected chi connectivity index (χ4v) is 5.01. The van der Waals surface area contributed by atoms with Gasteiger partial charge in [-0.25, -0.2) is 13.4 Å². The average molecular weight is 473 g/mol. The van der Waals surface area contributed by atoms with E-state index in [0.29, 0.717) is 23.9 Å². The summed E-state index contributed by atoms with van der Waals surface area (Å²) in [5, 5.41) is 3.25. The number of hydrogen-bond acceptors (Lipinski definition) is 6. The van der Waals surface area contributed by atoms with Gasteiger partial charge in [0.2, 0.25) is 10.0 Å². The highest BCUT2D eigenvalue weighted by Gasteiger charge is 2.27. The number of piperidine rings is 1. The van der Waals surface area contributed by atoms with Crippen molar-refractivity contribution < 1.29 is 17.9 Å². The number of aromatic nitrogens is 2. The number of sulfonamides is 1. The summed E-state index contributed by atoms with van der Waals surface area (Å²) in [6.07, 6.45) is 6.85. The van der Waals surface area contributed by atoms with Crippen LogP contribution in [0.1, 0.15) is 29.8 Å². The summed E-state index contributed by atoms with van der Waals surface area (Å²) in [4.78, 5) is 20.6. The van der Waals surface area contributed by atoms with Crippen LogP contribution < -0.4 is 10.1 Å². The summed E-state index contributed by atoms with van der Waals surface area (Å²) < 4.78 is 33.6. The Morgan fingerprint density at radius 1 is 1.03 bits per heavy atom. The summed E-state index contributed by atoms with van der Waals surface area (Å²) in [7, 11) is -3.70. The third-order valence-electron chi connectivity index (χ3n) is 4.99. The Bertz CT molecular complexity index is 1200. The van der Waals surface area contributed by atoms with Gasteiger partial charge in [-0.2, -0.15) is 4.31 Å². The van der Waals surface area contributed by atoms with Crippen LogP contribution >= 0.6 is 11.6 Å². The molecule has 0 radical (unpaired) electrons. The lowest BCUT2D eigenvalue weighted by molar-refractivity contribution is 0.102. The molecular weight excluding hydrogens is 452 g/mol. The standard InChI is InChI=1S/C22H21ClN4O4S/c23-16-4-6-17(7-5-16)31-21-9-8-18(32(29,30)27-12-2-1-3-13-27)14-19(21)26-22(28)20-15-24-10-11-25-20/h4-11,14-15H,1-3,12-13H2,(H,26,28). The molecule has 1 amide bonds. The molecule has 0 bridgehead atoms. The molecule has 1 N–H and O–H groups in total. The van der Waals surface area contributed by atoms with Crippen molar-refractivity contribution in [3.63, 3.8) is 0 Å². The van der Waals surface area contributed by atoms with E-state index in [1.165, 1.54) is 41.1 Å². The highest BCUT2D eigenvalue weighted by atomic mass is 35.5. The van der Waals surface area contributed by atoms with E-state index in [1.54, 1.807) is 24.3 Å². The van der Waals surface area contributed by atoms with Gasteiger partial charge in [0.1, 0.15) is 11.4 Å². The van der Waals surface area contributed by atoms with Gasteiger partial charge < -0.3 is 10.1 Å². The first kappa shape index (κ1) is 22.2. The van der Waals surface area contributed by atoms with Crippen LogP contribution in [-0.2, 0) is 10.0 Å². The Kier molecular flexibility index (Phi) is 6.69. The molecule has 2 aromatic carbocycles. The minimum atomic E-state index is -3.70. The van der Waals surface area contributed by atoms with Crippen molar-refractivity contribution in [3.8, 4) is 11.5 Å². The van der Waals surface area contributed by atoms with E-state index in [9.17, 15) is 13.2 Å². The van der Waals surface area contributed by atoms with Crippen LogP contribution in [0.25, 0.3) is 0 Å². The van der Waals surface area contributed by atoms with Crippen molar-refractivity contribution in [2.45, 2.75) is 24.2 Å². The van der Waals surface area contributed by atoms with Crippen LogP contribution in [0.4, 0.5) is 5.69 Å². The number of nitrogens with zero attached hydrogens (tertiary/aromatic N) is 3. The van der Waals surface area contributed by atoms with Crippen LogP contribution in [-0.4, -0.2) is 41.7 Å². The number of carbonyl (C=O) groups is 1. The van der Waals surface area contributed by atoms with Gasteiger partial charge in [-0.05, 0) is 55.3 Å². The monoisotopic (exact) mass is 472 g/mol. The molecule has 4 rings (SSSR count). The first-order valence-electron chi connectivity index (χ1n) is 10.1. The Morgan fingerprint density at radius 2 is 1.78 bits per heavy atom. The van der Waals surface area contributed by atoms with Crippen molar-refractivity contribution >= 4 is 33.2 Å². The topological polar surface area (TPSA) is 101 Å². The fourth-order valence-electron chi connectivity index (χ4n) is 3.34. The summed E-state index contributed by atoms with van der Waals surface area (Å²) >= 11 is 5.93. The lowest BCUT2D eigenvalue weighted by Gasteiger charge is -2.26. The summed E-state index contributed by atoms with van der Waals surface area (Å²) in [6.45, 7) is 0.958. The molecule has 32 heavy (non-hydrogen) atoms. The van der Waals surface area contributed by atoms with Crippen LogP contribution in [0, 0.1) is 0 Å². The summed E-state index contributed by atoms with van der Waals surface area (Å²) in [5.74, 6) is 0.227. The fraction of sp³-hybridized carbons (Fsp3) is 0.227. The molecule has 0 unspecified atom stereocenters. The molecule has 0 atom stereocenters. The van der Waals surface area contributed by atoms with Gasteiger partial charge in [0.15, 0.2) is 5.75 Å². The molecule has 0 aliphatic carbocycles. The molecule has 1 aliphatic rings. The molecule has 3 aromatic rings. The normalized spacial score (nSPS) is 14.7. The molecule has 0 spiro atoms. The predicted molar refractivity (Wildman–Crippen MR) is 121 cm³/mol. The van der Waals surface area contributed by atoms with Gasteiger partial charge in [-0.1, -0.05) is 18.0 Å². The van der Waals surface area contributed by atoms with Crippen molar-refractivity contribution in [2.75, 3.05) is 18.4 Å². The molecule has 1 saturated heterocycles. The smallest absolute Gasteiger partial charge is 0.275 e. The first-order valence-corrected chi connectivity index (χ1v) is 11.9. The maximum absolute atomic E-state index is 13.1. The summed E-state index contributed by atoms with van der Waals surface area (Å²) in [6, 6.07) is 11.1. The Morgan fingerprint density at radius 3 is 2.47 bits per heavy atom. The van der Waals surface area contributed by atoms with E-state index < -0.39 is 15.9 Å². The Labute approximate surface area is 191 Å². The maximum atomic E-state index is 13.1. The Hall–Kier alpha value is -3.01. The number of halogens is 1. The van der Waals surface area contributed by atoms with Gasteiger partial charge in [-0.3, -0.25) is 9.78 Å². The van der Waals surface area contributed by atoms with Crippen LogP contribution in [0.15, 0.2) is 66.0 Å². The molecular formula is C22H21ClN4O4S. The third-order valence-corrected chi connectivity index (χ3v) is 7.14. The summed E-state index contributed by atoms with van der Waals surface area (Å²) in [5.41, 5.74) is 0.294. The number of anilines is 1. The minimum absolute atomic E-state index is 0.0808. The van der Waals surface area contributed by atoms with E-state index in [0.717, 1.165) is 19.3 Å². The molecule has 166 valence electrons.